The quantitative estimate of drug-likeness (QED) is 0.211. The summed E-state index contributed by atoms with van der Waals surface area (Å²) in [6.07, 6.45) is 5.28. The van der Waals surface area contributed by atoms with Gasteiger partial charge in [-0.2, -0.15) is 4.57 Å². The predicted molar refractivity (Wildman–Crippen MR) is 103 cm³/mol. The molecule has 0 amide bonds. The second-order valence-electron chi connectivity index (χ2n) is 5.84. The van der Waals surface area contributed by atoms with Crippen LogP contribution in [0.2, 0.25) is 5.02 Å². The van der Waals surface area contributed by atoms with Gasteiger partial charge in [0.05, 0.1) is 12.8 Å². The van der Waals surface area contributed by atoms with E-state index >= 15 is 0 Å². The molecule has 1 atom stereocenters. The maximum Gasteiger partial charge on any atom is 0.237 e. The van der Waals surface area contributed by atoms with E-state index in [0.717, 1.165) is 5.56 Å². The van der Waals surface area contributed by atoms with Crippen molar-refractivity contribution in [2.45, 2.75) is 19.5 Å². The van der Waals surface area contributed by atoms with Crippen molar-refractivity contribution >= 4 is 35.1 Å². The van der Waals surface area contributed by atoms with Crippen LogP contribution in [0.1, 0.15) is 27.7 Å². The number of benzene rings is 1. The number of ketones is 1. The van der Waals surface area contributed by atoms with Crippen molar-refractivity contribution in [2.75, 3.05) is 0 Å². The van der Waals surface area contributed by atoms with Crippen LogP contribution in [0.4, 0.5) is 0 Å². The number of pyridine rings is 1. The van der Waals surface area contributed by atoms with E-state index < -0.39 is 6.04 Å². The van der Waals surface area contributed by atoms with Crippen molar-refractivity contribution in [1.82, 2.24) is 0 Å². The molecular weight excluding hydrogens is 368 g/mol. The number of halogens is 1. The molecule has 0 N–H and O–H groups in total. The molecule has 0 aliphatic carbocycles. The van der Waals surface area contributed by atoms with Crippen molar-refractivity contribution in [1.29, 1.82) is 0 Å². The minimum atomic E-state index is -0.707. The first-order chi connectivity index (χ1) is 12.5. The average Bonchev–Trinajstić information content (AvgIpc) is 3.14. The molecule has 26 heavy (non-hydrogen) atoms. The number of nitrogens with zero attached hydrogens (tertiary/aromatic N) is 2. The summed E-state index contributed by atoms with van der Waals surface area (Å²) in [6.45, 7) is 2.26. The van der Waals surface area contributed by atoms with Crippen molar-refractivity contribution < 1.29 is 13.8 Å². The van der Waals surface area contributed by atoms with Gasteiger partial charge in [0.25, 0.3) is 0 Å². The van der Waals surface area contributed by atoms with Crippen LogP contribution in [0.3, 0.4) is 0 Å². The maximum atomic E-state index is 13.1. The van der Waals surface area contributed by atoms with Gasteiger partial charge in [0.1, 0.15) is 5.76 Å². The summed E-state index contributed by atoms with van der Waals surface area (Å²) >= 11 is 11.4. The molecule has 0 fully saturated rings. The van der Waals surface area contributed by atoms with Crippen LogP contribution >= 0.6 is 11.6 Å². The summed E-state index contributed by atoms with van der Waals surface area (Å²) in [5, 5.41) is 0.878. The Hall–Kier alpha value is -2.50. The first-order valence-corrected chi connectivity index (χ1v) is 8.84. The van der Waals surface area contributed by atoms with Crippen LogP contribution in [0.25, 0.3) is 0 Å². The molecule has 4 nitrogen and oxygen atoms in total. The Balaban J connectivity index is 1.97. The van der Waals surface area contributed by atoms with E-state index in [4.69, 9.17) is 28.6 Å². The Morgan fingerprint density at radius 1 is 1.23 bits per heavy atom. The lowest BCUT2D eigenvalue weighted by Gasteiger charge is -2.18. The lowest BCUT2D eigenvalue weighted by atomic mass is 10.0. The van der Waals surface area contributed by atoms with Gasteiger partial charge in [0.15, 0.2) is 12.4 Å². The molecule has 3 rings (SSSR count). The largest absolute Gasteiger partial charge is 0.758 e. The van der Waals surface area contributed by atoms with Gasteiger partial charge in [-0.05, 0) is 54.4 Å². The number of Topliss-reactive ketones (excluding diaryl/α,β-unsaturated/α-hetero) is 1. The van der Waals surface area contributed by atoms with Crippen LogP contribution < -0.4 is 4.57 Å². The number of hydrogen-bond donors (Lipinski definition) is 0. The fraction of sp³-hybridized carbons (Fsp3) is 0.150. The highest BCUT2D eigenvalue weighted by Gasteiger charge is 2.28. The van der Waals surface area contributed by atoms with Gasteiger partial charge in [-0.1, -0.05) is 11.6 Å². The molecule has 3 aromatic rings. The third kappa shape index (κ3) is 4.36. The standard InChI is InChI=1S/C20H17ClN2O2S/c1-14-4-2-10-23(13-14)18(19(24)15-6-8-16(21)9-7-15)20(26)22-12-17-5-3-11-25-17/h2-11,13,18H,12H2,1H3/t18-/m1/s1. The number of furan rings is 1. The zero-order valence-corrected chi connectivity index (χ0v) is 15.7. The molecule has 0 spiro atoms. The molecule has 2 aromatic heterocycles. The van der Waals surface area contributed by atoms with E-state index in [1.54, 1.807) is 41.2 Å². The molecule has 0 aliphatic heterocycles. The Morgan fingerprint density at radius 3 is 2.65 bits per heavy atom. The third-order valence-electron chi connectivity index (χ3n) is 3.85. The molecule has 1 aromatic carbocycles. The van der Waals surface area contributed by atoms with Gasteiger partial charge < -0.3 is 22.0 Å². The topological polar surface area (TPSA) is 46.5 Å². The van der Waals surface area contributed by atoms with Gasteiger partial charge in [0.2, 0.25) is 11.8 Å². The Labute approximate surface area is 162 Å². The van der Waals surface area contributed by atoms with Crippen LogP contribution in [0.15, 0.2) is 76.6 Å². The lowest BCUT2D eigenvalue weighted by Crippen LogP contribution is -2.47. The molecule has 0 saturated carbocycles. The first-order valence-electron chi connectivity index (χ1n) is 8.05. The zero-order chi connectivity index (χ0) is 18.5. The van der Waals surface area contributed by atoms with Crippen molar-refractivity contribution in [3.63, 3.8) is 0 Å². The molecule has 0 radical (unpaired) electrons. The Kier molecular flexibility index (Phi) is 5.81. The number of aliphatic imine (C=N–C) groups is 1. The van der Waals surface area contributed by atoms with Crippen molar-refractivity contribution in [3.8, 4) is 0 Å². The van der Waals surface area contributed by atoms with E-state index in [9.17, 15) is 4.79 Å². The van der Waals surface area contributed by atoms with Gasteiger partial charge >= 0.3 is 0 Å². The van der Waals surface area contributed by atoms with Gasteiger partial charge in [-0.15, -0.1) is 0 Å². The fourth-order valence-corrected chi connectivity index (χ4v) is 2.99. The Bertz CT molecular complexity index is 921. The fourth-order valence-electron chi connectivity index (χ4n) is 2.57. The van der Waals surface area contributed by atoms with E-state index in [1.165, 1.54) is 0 Å². The minimum absolute atomic E-state index is 0.134. The smallest absolute Gasteiger partial charge is 0.237 e. The maximum absolute atomic E-state index is 13.1. The molecule has 132 valence electrons. The highest BCUT2D eigenvalue weighted by Crippen LogP contribution is 2.16. The lowest BCUT2D eigenvalue weighted by molar-refractivity contribution is -0.692. The Morgan fingerprint density at radius 2 is 2.00 bits per heavy atom. The highest BCUT2D eigenvalue weighted by molar-refractivity contribution is 7.77. The SMILES string of the molecule is Cc1ccc[n+]([C@H](C(=O)c2ccc(Cl)cc2)C([S-])=NCc2ccco2)c1. The van der Waals surface area contributed by atoms with Gasteiger partial charge in [-0.3, -0.25) is 4.79 Å². The molecular formula is C20H17ClN2O2S. The summed E-state index contributed by atoms with van der Waals surface area (Å²) in [5.41, 5.74) is 1.55. The summed E-state index contributed by atoms with van der Waals surface area (Å²) < 4.78 is 7.08. The number of carbonyl (C=O) groups excluding carboxylic acids is 1. The van der Waals surface area contributed by atoms with E-state index in [1.807, 2.05) is 37.5 Å². The van der Waals surface area contributed by atoms with Crippen LogP contribution in [-0.2, 0) is 19.2 Å². The number of rotatable bonds is 6. The molecule has 0 bridgehead atoms. The van der Waals surface area contributed by atoms with E-state index in [0.29, 0.717) is 27.9 Å². The normalized spacial score (nSPS) is 12.8. The number of carbonyl (C=O) groups is 1. The van der Waals surface area contributed by atoms with Crippen molar-refractivity contribution in [3.05, 3.63) is 89.1 Å². The molecule has 0 unspecified atom stereocenters. The third-order valence-corrected chi connectivity index (χ3v) is 4.45. The number of aryl methyl sites for hydroxylation is 1. The monoisotopic (exact) mass is 384 g/mol. The average molecular weight is 385 g/mol. The second kappa shape index (κ2) is 8.25. The predicted octanol–water partition coefficient (Wildman–Crippen LogP) is 4.10. The van der Waals surface area contributed by atoms with E-state index in [-0.39, 0.29) is 5.78 Å². The second-order valence-corrected chi connectivity index (χ2v) is 6.69. The van der Waals surface area contributed by atoms with E-state index in [2.05, 4.69) is 4.99 Å². The number of hydrogen-bond acceptors (Lipinski definition) is 4. The van der Waals surface area contributed by atoms with Gasteiger partial charge in [0, 0.05) is 22.2 Å². The summed E-state index contributed by atoms with van der Waals surface area (Å²) in [6, 6.07) is 13.5. The number of aromatic nitrogens is 1. The molecule has 6 heteroatoms. The summed E-state index contributed by atoms with van der Waals surface area (Å²) in [7, 11) is 0. The van der Waals surface area contributed by atoms with Crippen LogP contribution in [0.5, 0.6) is 0 Å². The van der Waals surface area contributed by atoms with Crippen LogP contribution in [0, 0.1) is 6.92 Å². The molecule has 2 heterocycles. The first kappa shape index (κ1) is 18.3. The zero-order valence-electron chi connectivity index (χ0n) is 14.1. The van der Waals surface area contributed by atoms with Gasteiger partial charge in [-0.25, -0.2) is 0 Å². The molecule has 0 aliphatic rings. The van der Waals surface area contributed by atoms with Crippen molar-refractivity contribution in [2.24, 2.45) is 4.99 Å². The van der Waals surface area contributed by atoms with Crippen LogP contribution in [-0.4, -0.2) is 10.8 Å². The molecule has 0 saturated heterocycles. The minimum Gasteiger partial charge on any atom is -0.758 e. The highest BCUT2D eigenvalue weighted by atomic mass is 35.5. The summed E-state index contributed by atoms with van der Waals surface area (Å²) in [4.78, 5) is 17.5. The summed E-state index contributed by atoms with van der Waals surface area (Å²) in [5.74, 6) is 0.560.